The van der Waals surface area contributed by atoms with Crippen molar-refractivity contribution in [1.29, 1.82) is 0 Å². The predicted molar refractivity (Wildman–Crippen MR) is 247 cm³/mol. The van der Waals surface area contributed by atoms with E-state index in [-0.39, 0.29) is 18.1 Å². The largest absolute Gasteiger partial charge is 0.508 e. The first kappa shape index (κ1) is 57.1. The molecular weight excluding hydrogens is 873 g/mol. The van der Waals surface area contributed by atoms with Gasteiger partial charge in [-0.1, -0.05) is 83.8 Å². The molecule has 376 valence electrons. The van der Waals surface area contributed by atoms with E-state index in [1.165, 1.54) is 45.0 Å². The Morgan fingerprint density at radius 1 is 0.701 bits per heavy atom. The molecule has 1 heterocycles. The van der Waals surface area contributed by atoms with Gasteiger partial charge in [-0.05, 0) is 57.2 Å². The van der Waals surface area contributed by atoms with Crippen molar-refractivity contribution in [2.24, 2.45) is 28.1 Å². The molecule has 1 aromatic rings. The summed E-state index contributed by atoms with van der Waals surface area (Å²) in [5.74, 6) is -8.52. The van der Waals surface area contributed by atoms with Gasteiger partial charge in [0.25, 0.3) is 0 Å². The maximum Gasteiger partial charge on any atom is 0.328 e. The summed E-state index contributed by atoms with van der Waals surface area (Å²) in [5, 5.41) is 45.9. The molecule has 7 amide bonds. The molecule has 1 fully saturated rings. The van der Waals surface area contributed by atoms with Crippen LogP contribution in [0.2, 0.25) is 0 Å². The number of guanidine groups is 1. The van der Waals surface area contributed by atoms with Crippen LogP contribution in [0, 0.1) is 5.92 Å². The highest BCUT2D eigenvalue weighted by Crippen LogP contribution is 2.16. The number of phenols is 1. The third kappa shape index (κ3) is 21.9. The minimum atomic E-state index is -1.75. The quantitative estimate of drug-likeness (QED) is 0.0288. The van der Waals surface area contributed by atoms with E-state index in [1.807, 2.05) is 0 Å². The van der Waals surface area contributed by atoms with Crippen molar-refractivity contribution in [3.63, 3.8) is 0 Å². The minimum Gasteiger partial charge on any atom is -0.508 e. The Kier molecular flexibility index (Phi) is 25.2. The number of aliphatic hydroxyl groups excluding tert-OH is 2. The van der Waals surface area contributed by atoms with Crippen molar-refractivity contribution in [2.75, 3.05) is 6.54 Å². The zero-order chi connectivity index (χ0) is 50.2. The van der Waals surface area contributed by atoms with Gasteiger partial charge in [0, 0.05) is 13.0 Å². The average Bonchev–Trinajstić information content (AvgIpc) is 3.24. The van der Waals surface area contributed by atoms with E-state index in [0.29, 0.717) is 24.9 Å². The van der Waals surface area contributed by atoms with E-state index in [9.17, 15) is 53.7 Å². The molecule has 0 spiro atoms. The lowest BCUT2D eigenvalue weighted by molar-refractivity contribution is -0.155. The summed E-state index contributed by atoms with van der Waals surface area (Å²) in [7, 11) is 0. The van der Waals surface area contributed by atoms with Crippen LogP contribution < -0.4 is 49.1 Å². The van der Waals surface area contributed by atoms with Crippen LogP contribution in [-0.2, 0) is 49.5 Å². The Morgan fingerprint density at radius 3 is 1.78 bits per heavy atom. The highest BCUT2D eigenvalue weighted by Gasteiger charge is 2.38. The number of unbranched alkanes of at least 4 members (excludes halogenated alkanes) is 9. The lowest BCUT2D eigenvalue weighted by Crippen LogP contribution is -2.62. The Bertz CT molecular complexity index is 1830. The molecule has 2 rings (SSSR count). The van der Waals surface area contributed by atoms with E-state index in [1.54, 1.807) is 13.8 Å². The van der Waals surface area contributed by atoms with E-state index in [2.05, 4.69) is 36.9 Å². The fraction of sp³-hybridized carbons (Fsp3) is 0.667. The van der Waals surface area contributed by atoms with Crippen LogP contribution in [0.1, 0.15) is 124 Å². The molecule has 15 N–H and O–H groups in total. The van der Waals surface area contributed by atoms with E-state index < -0.39 is 121 Å². The first-order chi connectivity index (χ1) is 31.6. The van der Waals surface area contributed by atoms with Crippen molar-refractivity contribution in [1.82, 2.24) is 31.9 Å². The number of cyclic esters (lactones) is 1. The minimum absolute atomic E-state index is 0.0796. The van der Waals surface area contributed by atoms with Crippen molar-refractivity contribution >= 4 is 53.3 Å². The van der Waals surface area contributed by atoms with Crippen molar-refractivity contribution in [2.45, 2.75) is 179 Å². The van der Waals surface area contributed by atoms with Crippen LogP contribution in [0.15, 0.2) is 29.3 Å². The third-order valence-electron chi connectivity index (χ3n) is 11.1. The molecule has 0 saturated carbocycles. The standard InChI is InChI=1S/C45H74N10O12/c1-25(2)36-41(63)51-32(22-29-17-19-30(57)20-18-29)40(62)55-37(27(4)56)42(64)52-33(24-34(46)59)39(61)50-26(3)44(66)67-28(5)38(43(65)54-36)53-35(60)23-31(58)16-14-12-10-8-6-7-9-11-13-15-21-49-45(47)48/h17-20,25-28,31-33,36-38,56-58H,6-16,21-24H2,1-5H3,(H2,46,59)(H,50,61)(H,51,63)(H,52,64)(H,53,60)(H,54,65)(H,55,62)(H4,47,48,49)/t26-,27+,28?,31?,32?,33-,36-,37-,38+/m1/s1. The molecule has 3 unspecified atom stereocenters. The molecule has 9 atom stereocenters. The van der Waals surface area contributed by atoms with Crippen LogP contribution in [0.25, 0.3) is 0 Å². The van der Waals surface area contributed by atoms with Crippen molar-refractivity contribution in [3.8, 4) is 5.75 Å². The van der Waals surface area contributed by atoms with Gasteiger partial charge >= 0.3 is 5.97 Å². The van der Waals surface area contributed by atoms with Gasteiger partial charge < -0.3 is 69.2 Å². The normalized spacial score (nSPS) is 23.4. The number of nitrogens with zero attached hydrogens (tertiary/aromatic N) is 1. The van der Waals surface area contributed by atoms with E-state index in [0.717, 1.165) is 57.8 Å². The number of carbonyl (C=O) groups is 8. The molecule has 1 aliphatic rings. The molecule has 0 aliphatic carbocycles. The van der Waals surface area contributed by atoms with Crippen molar-refractivity contribution < 1.29 is 58.4 Å². The van der Waals surface area contributed by atoms with Gasteiger partial charge in [-0.3, -0.25) is 38.6 Å². The summed E-state index contributed by atoms with van der Waals surface area (Å²) in [4.78, 5) is 112. The number of rotatable bonds is 22. The molecule has 0 aromatic heterocycles. The van der Waals surface area contributed by atoms with Gasteiger partial charge in [0.1, 0.15) is 48.1 Å². The molecule has 22 heteroatoms. The Labute approximate surface area is 392 Å². The Balaban J connectivity index is 2.31. The molecule has 0 bridgehead atoms. The zero-order valence-corrected chi connectivity index (χ0v) is 39.4. The van der Waals surface area contributed by atoms with Crippen molar-refractivity contribution in [3.05, 3.63) is 29.8 Å². The predicted octanol–water partition coefficient (Wildman–Crippen LogP) is -0.964. The molecule has 22 nitrogen and oxygen atoms in total. The number of benzene rings is 1. The highest BCUT2D eigenvalue weighted by atomic mass is 16.5. The number of aliphatic hydroxyl groups is 2. The first-order valence-corrected chi connectivity index (χ1v) is 23.1. The number of nitrogens with two attached hydrogens (primary N) is 3. The van der Waals surface area contributed by atoms with Crippen LogP contribution in [0.3, 0.4) is 0 Å². The smallest absolute Gasteiger partial charge is 0.328 e. The Hall–Kier alpha value is -6.03. The van der Waals surface area contributed by atoms with Gasteiger partial charge in [0.2, 0.25) is 41.4 Å². The first-order valence-electron chi connectivity index (χ1n) is 23.1. The second-order valence-corrected chi connectivity index (χ2v) is 17.5. The lowest BCUT2D eigenvalue weighted by atomic mass is 9.99. The Morgan fingerprint density at radius 2 is 1.22 bits per heavy atom. The SMILES string of the molecule is CC1OC(=O)[C@@H](C)NC(=O)[C@@H](CC(N)=O)NC(=O)[C@@H]([C@H](C)O)NC(=O)C(Cc2ccc(O)cc2)NC(=O)[C@@H](C(C)C)NC(=O)[C@H]1NC(=O)CC(O)CCCCCCCCCCCCN=C(N)N. The number of aliphatic imine (C=N–C) groups is 1. The number of aromatic hydroxyl groups is 1. The number of hydrogen-bond acceptors (Lipinski definition) is 13. The summed E-state index contributed by atoms with van der Waals surface area (Å²) in [6.07, 6.45) is 4.77. The number of esters is 1. The summed E-state index contributed by atoms with van der Waals surface area (Å²) < 4.78 is 5.55. The lowest BCUT2D eigenvalue weighted by Gasteiger charge is -2.30. The molecule has 1 aliphatic heterocycles. The second-order valence-electron chi connectivity index (χ2n) is 17.5. The monoisotopic (exact) mass is 947 g/mol. The molecule has 1 saturated heterocycles. The van der Waals surface area contributed by atoms with Gasteiger partial charge in [0.15, 0.2) is 5.96 Å². The third-order valence-corrected chi connectivity index (χ3v) is 11.1. The number of ether oxygens (including phenoxy) is 1. The number of carbonyl (C=O) groups excluding carboxylic acids is 8. The number of hydrogen-bond donors (Lipinski definition) is 12. The van der Waals surface area contributed by atoms with Gasteiger partial charge in [0.05, 0.1) is 25.0 Å². The average molecular weight is 947 g/mol. The highest BCUT2D eigenvalue weighted by molar-refractivity contribution is 5.98. The molecular formula is C45H74N10O12. The zero-order valence-electron chi connectivity index (χ0n) is 39.4. The van der Waals surface area contributed by atoms with Crippen LogP contribution >= 0.6 is 0 Å². The fourth-order valence-corrected chi connectivity index (χ4v) is 7.23. The molecule has 67 heavy (non-hydrogen) atoms. The second kappa shape index (κ2) is 29.6. The maximum atomic E-state index is 14.1. The summed E-state index contributed by atoms with van der Waals surface area (Å²) >= 11 is 0. The van der Waals surface area contributed by atoms with Gasteiger partial charge in [-0.25, -0.2) is 4.79 Å². The van der Waals surface area contributed by atoms with E-state index >= 15 is 0 Å². The van der Waals surface area contributed by atoms with Gasteiger partial charge in [-0.15, -0.1) is 0 Å². The number of primary amides is 1. The summed E-state index contributed by atoms with van der Waals surface area (Å²) in [6.45, 7) is 7.52. The van der Waals surface area contributed by atoms with E-state index in [4.69, 9.17) is 21.9 Å². The number of amides is 7. The van der Waals surface area contributed by atoms with Crippen LogP contribution in [0.4, 0.5) is 0 Å². The fourth-order valence-electron chi connectivity index (χ4n) is 7.23. The maximum absolute atomic E-state index is 14.1. The summed E-state index contributed by atoms with van der Waals surface area (Å²) in [6, 6.07) is -3.77. The van der Waals surface area contributed by atoms with Crippen LogP contribution in [-0.4, -0.2) is 130 Å². The van der Waals surface area contributed by atoms with Gasteiger partial charge in [-0.2, -0.15) is 0 Å². The molecule has 0 radical (unpaired) electrons. The topological polar surface area (TPSA) is 369 Å². The molecule has 1 aromatic carbocycles. The number of nitrogens with one attached hydrogen (secondary N) is 6. The summed E-state index contributed by atoms with van der Waals surface area (Å²) in [5.41, 5.74) is 16.5. The van der Waals surface area contributed by atoms with Crippen LogP contribution in [0.5, 0.6) is 5.75 Å². The number of phenolic OH excluding ortho intramolecular Hbond substituents is 1.